The monoisotopic (exact) mass is 328 g/mol. The fourth-order valence-electron chi connectivity index (χ4n) is 4.12. The van der Waals surface area contributed by atoms with E-state index in [1.807, 2.05) is 4.90 Å². The highest BCUT2D eigenvalue weighted by atomic mass is 16.5. The van der Waals surface area contributed by atoms with Crippen molar-refractivity contribution in [2.45, 2.75) is 44.6 Å². The molecule has 0 N–H and O–H groups in total. The van der Waals surface area contributed by atoms with Crippen LogP contribution in [0.5, 0.6) is 0 Å². The molecule has 3 aliphatic rings. The van der Waals surface area contributed by atoms with E-state index in [1.165, 1.54) is 49.0 Å². The van der Waals surface area contributed by atoms with Gasteiger partial charge in [-0.3, -0.25) is 9.69 Å². The summed E-state index contributed by atoms with van der Waals surface area (Å²) in [5, 5.41) is 0. The first-order valence-corrected chi connectivity index (χ1v) is 9.50. The molecule has 1 aromatic rings. The second-order valence-electron chi connectivity index (χ2n) is 7.39. The predicted molar refractivity (Wildman–Crippen MR) is 94.2 cm³/mol. The van der Waals surface area contributed by atoms with Gasteiger partial charge in [-0.15, -0.1) is 0 Å². The maximum atomic E-state index is 12.5. The average Bonchev–Trinajstić information content (AvgIpc) is 2.77. The Morgan fingerprint density at radius 3 is 2.50 bits per heavy atom. The van der Waals surface area contributed by atoms with Gasteiger partial charge in [-0.05, 0) is 42.4 Å². The summed E-state index contributed by atoms with van der Waals surface area (Å²) in [5.41, 5.74) is 4.12. The standard InChI is InChI=1S/C20H28N2O2/c23-20(22-10-12-24-13-11-22)15-16-4-5-17-6-8-21(19-2-1-3-19)9-7-18(17)14-16/h4-5,14,19H,1-3,6-13,15H2. The van der Waals surface area contributed by atoms with Crippen molar-refractivity contribution >= 4 is 5.91 Å². The smallest absolute Gasteiger partial charge is 0.227 e. The van der Waals surface area contributed by atoms with Crippen LogP contribution in [-0.4, -0.2) is 61.1 Å². The lowest BCUT2D eigenvalue weighted by molar-refractivity contribution is -0.134. The number of rotatable bonds is 3. The fraction of sp³-hybridized carbons (Fsp3) is 0.650. The number of benzene rings is 1. The van der Waals surface area contributed by atoms with Gasteiger partial charge in [0.15, 0.2) is 0 Å². The molecule has 0 unspecified atom stereocenters. The molecule has 0 radical (unpaired) electrons. The molecular formula is C20H28N2O2. The zero-order chi connectivity index (χ0) is 16.4. The second-order valence-corrected chi connectivity index (χ2v) is 7.39. The van der Waals surface area contributed by atoms with Crippen molar-refractivity contribution in [1.29, 1.82) is 0 Å². The van der Waals surface area contributed by atoms with E-state index in [9.17, 15) is 4.79 Å². The normalized spacial score (nSPS) is 22.6. The van der Waals surface area contributed by atoms with Gasteiger partial charge in [0.2, 0.25) is 5.91 Å². The van der Waals surface area contributed by atoms with Crippen LogP contribution in [0, 0.1) is 0 Å². The maximum Gasteiger partial charge on any atom is 0.227 e. The molecule has 0 bridgehead atoms. The zero-order valence-corrected chi connectivity index (χ0v) is 14.5. The van der Waals surface area contributed by atoms with Gasteiger partial charge in [-0.2, -0.15) is 0 Å². The molecule has 1 amide bonds. The largest absolute Gasteiger partial charge is 0.378 e. The lowest BCUT2D eigenvalue weighted by Gasteiger charge is -2.36. The van der Waals surface area contributed by atoms with E-state index in [4.69, 9.17) is 4.74 Å². The summed E-state index contributed by atoms with van der Waals surface area (Å²) < 4.78 is 5.33. The Kier molecular flexibility index (Phi) is 4.86. The Morgan fingerprint density at radius 1 is 1.04 bits per heavy atom. The molecule has 1 aliphatic carbocycles. The van der Waals surface area contributed by atoms with Crippen LogP contribution < -0.4 is 0 Å². The Hall–Kier alpha value is -1.39. The molecule has 2 aliphatic heterocycles. The second kappa shape index (κ2) is 7.24. The van der Waals surface area contributed by atoms with Gasteiger partial charge in [-0.25, -0.2) is 0 Å². The Labute approximate surface area is 144 Å². The third-order valence-corrected chi connectivity index (χ3v) is 5.92. The highest BCUT2D eigenvalue weighted by Gasteiger charge is 2.26. The van der Waals surface area contributed by atoms with Crippen molar-refractivity contribution in [3.63, 3.8) is 0 Å². The van der Waals surface area contributed by atoms with Gasteiger partial charge in [0.05, 0.1) is 19.6 Å². The van der Waals surface area contributed by atoms with Crippen LogP contribution in [0.1, 0.15) is 36.0 Å². The van der Waals surface area contributed by atoms with Crippen molar-refractivity contribution < 1.29 is 9.53 Å². The van der Waals surface area contributed by atoms with Crippen molar-refractivity contribution in [2.75, 3.05) is 39.4 Å². The number of nitrogens with zero attached hydrogens (tertiary/aromatic N) is 2. The SMILES string of the molecule is O=C(Cc1ccc2c(c1)CCN(C1CCC1)CC2)N1CCOCC1. The number of amides is 1. The summed E-state index contributed by atoms with van der Waals surface area (Å²) in [6, 6.07) is 7.55. The topological polar surface area (TPSA) is 32.8 Å². The maximum absolute atomic E-state index is 12.5. The van der Waals surface area contributed by atoms with Gasteiger partial charge in [0.1, 0.15) is 0 Å². The van der Waals surface area contributed by atoms with E-state index in [0.717, 1.165) is 32.0 Å². The van der Waals surface area contributed by atoms with Gasteiger partial charge < -0.3 is 9.64 Å². The Bertz CT molecular complexity index is 591. The van der Waals surface area contributed by atoms with E-state index in [1.54, 1.807) is 0 Å². The van der Waals surface area contributed by atoms with Crippen molar-refractivity contribution in [3.8, 4) is 0 Å². The third-order valence-electron chi connectivity index (χ3n) is 5.92. The molecule has 4 heteroatoms. The first kappa shape index (κ1) is 16.1. The van der Waals surface area contributed by atoms with Crippen molar-refractivity contribution in [1.82, 2.24) is 9.80 Å². The molecule has 24 heavy (non-hydrogen) atoms. The number of ether oxygens (including phenoxy) is 1. The van der Waals surface area contributed by atoms with Crippen LogP contribution in [0.15, 0.2) is 18.2 Å². The van der Waals surface area contributed by atoms with E-state index in [-0.39, 0.29) is 5.91 Å². The van der Waals surface area contributed by atoms with Crippen LogP contribution in [0.4, 0.5) is 0 Å². The summed E-state index contributed by atoms with van der Waals surface area (Å²) in [5.74, 6) is 0.239. The van der Waals surface area contributed by atoms with E-state index in [2.05, 4.69) is 23.1 Å². The molecule has 1 saturated carbocycles. The van der Waals surface area contributed by atoms with Crippen molar-refractivity contribution in [3.05, 3.63) is 34.9 Å². The minimum atomic E-state index is 0.239. The molecule has 0 aromatic heterocycles. The molecular weight excluding hydrogens is 300 g/mol. The first-order chi connectivity index (χ1) is 11.8. The van der Waals surface area contributed by atoms with E-state index < -0.39 is 0 Å². The number of hydrogen-bond acceptors (Lipinski definition) is 3. The summed E-state index contributed by atoms with van der Waals surface area (Å²) in [4.78, 5) is 17.1. The van der Waals surface area contributed by atoms with Crippen LogP contribution in [0.25, 0.3) is 0 Å². The number of fused-ring (bicyclic) bond motifs is 1. The highest BCUT2D eigenvalue weighted by molar-refractivity contribution is 5.79. The Morgan fingerprint density at radius 2 is 1.79 bits per heavy atom. The van der Waals surface area contributed by atoms with Crippen molar-refractivity contribution in [2.24, 2.45) is 0 Å². The molecule has 0 atom stereocenters. The zero-order valence-electron chi connectivity index (χ0n) is 14.5. The molecule has 130 valence electrons. The summed E-state index contributed by atoms with van der Waals surface area (Å²) in [6.45, 7) is 5.20. The van der Waals surface area contributed by atoms with Crippen LogP contribution in [0.3, 0.4) is 0 Å². The minimum Gasteiger partial charge on any atom is -0.378 e. The summed E-state index contributed by atoms with van der Waals surface area (Å²) >= 11 is 0. The lowest BCUT2D eigenvalue weighted by atomic mass is 9.91. The molecule has 4 rings (SSSR count). The van der Waals surface area contributed by atoms with Crippen LogP contribution in [-0.2, 0) is 28.8 Å². The number of carbonyl (C=O) groups excluding carboxylic acids is 1. The molecule has 1 saturated heterocycles. The highest BCUT2D eigenvalue weighted by Crippen LogP contribution is 2.27. The van der Waals surface area contributed by atoms with Crippen LogP contribution >= 0.6 is 0 Å². The molecule has 0 spiro atoms. The summed E-state index contributed by atoms with van der Waals surface area (Å²) in [7, 11) is 0. The molecule has 1 aromatic carbocycles. The average molecular weight is 328 g/mol. The van der Waals surface area contributed by atoms with Gasteiger partial charge in [0, 0.05) is 32.2 Å². The van der Waals surface area contributed by atoms with Crippen LogP contribution in [0.2, 0.25) is 0 Å². The first-order valence-electron chi connectivity index (χ1n) is 9.50. The number of morpholine rings is 1. The quantitative estimate of drug-likeness (QED) is 0.851. The third kappa shape index (κ3) is 3.50. The minimum absolute atomic E-state index is 0.239. The molecule has 2 heterocycles. The van der Waals surface area contributed by atoms with Gasteiger partial charge in [0.25, 0.3) is 0 Å². The van der Waals surface area contributed by atoms with Gasteiger partial charge >= 0.3 is 0 Å². The lowest BCUT2D eigenvalue weighted by Crippen LogP contribution is -2.41. The molecule has 4 nitrogen and oxygen atoms in total. The molecule has 2 fully saturated rings. The van der Waals surface area contributed by atoms with E-state index in [0.29, 0.717) is 19.6 Å². The number of hydrogen-bond donors (Lipinski definition) is 0. The van der Waals surface area contributed by atoms with E-state index >= 15 is 0 Å². The fourth-order valence-corrected chi connectivity index (χ4v) is 4.12. The summed E-state index contributed by atoms with van der Waals surface area (Å²) in [6.07, 6.45) is 6.99. The van der Waals surface area contributed by atoms with Gasteiger partial charge in [-0.1, -0.05) is 24.6 Å². The number of carbonyl (C=O) groups is 1. The predicted octanol–water partition coefficient (Wildman–Crippen LogP) is 2.04. The Balaban J connectivity index is 1.40.